The molecule has 114 valence electrons. The summed E-state index contributed by atoms with van der Waals surface area (Å²) in [4.78, 5) is 25.8. The highest BCUT2D eigenvalue weighted by Gasteiger charge is 2.33. The molecule has 1 heterocycles. The molecule has 1 aliphatic rings. The number of amides is 3. The van der Waals surface area contributed by atoms with Crippen molar-refractivity contribution in [3.05, 3.63) is 29.3 Å². The lowest BCUT2D eigenvalue weighted by Crippen LogP contribution is -2.46. The van der Waals surface area contributed by atoms with Gasteiger partial charge < -0.3 is 15.5 Å². The minimum Gasteiger partial charge on any atom is -0.338 e. The van der Waals surface area contributed by atoms with E-state index in [2.05, 4.69) is 16.7 Å². The van der Waals surface area contributed by atoms with E-state index in [1.54, 1.807) is 4.90 Å². The van der Waals surface area contributed by atoms with Crippen LogP contribution in [0, 0.1) is 13.8 Å². The number of carbonyl (C=O) groups is 2. The molecule has 1 fully saturated rings. The van der Waals surface area contributed by atoms with Crippen LogP contribution in [0.3, 0.4) is 0 Å². The molecule has 0 unspecified atom stereocenters. The van der Waals surface area contributed by atoms with Crippen molar-refractivity contribution in [2.45, 2.75) is 39.7 Å². The number of nitrogens with zero attached hydrogens (tertiary/aromatic N) is 1. The van der Waals surface area contributed by atoms with Crippen LogP contribution in [0.1, 0.15) is 30.9 Å². The number of benzene rings is 1. The molecule has 1 atom stereocenters. The first-order valence-corrected chi connectivity index (χ1v) is 7.45. The third-order valence-corrected chi connectivity index (χ3v) is 3.56. The Morgan fingerprint density at radius 2 is 1.95 bits per heavy atom. The Balaban J connectivity index is 2.02. The maximum Gasteiger partial charge on any atom is 0.315 e. The van der Waals surface area contributed by atoms with Gasteiger partial charge in [-0.1, -0.05) is 13.0 Å². The van der Waals surface area contributed by atoms with Crippen molar-refractivity contribution in [2.75, 3.05) is 18.0 Å². The van der Waals surface area contributed by atoms with Gasteiger partial charge >= 0.3 is 6.03 Å². The SMILES string of the molecule is CCCNC(=O)N[C@@H]1CCN(c2cc(C)cc(C)c2)C1=O. The minimum atomic E-state index is -0.428. The van der Waals surface area contributed by atoms with E-state index in [1.807, 2.05) is 32.9 Å². The Bertz CT molecular complexity index is 522. The smallest absolute Gasteiger partial charge is 0.315 e. The number of hydrogen-bond donors (Lipinski definition) is 2. The van der Waals surface area contributed by atoms with Gasteiger partial charge in [0.1, 0.15) is 6.04 Å². The molecule has 3 amide bonds. The monoisotopic (exact) mass is 289 g/mol. The van der Waals surface area contributed by atoms with E-state index < -0.39 is 6.04 Å². The highest BCUT2D eigenvalue weighted by atomic mass is 16.2. The van der Waals surface area contributed by atoms with Crippen LogP contribution in [0.4, 0.5) is 10.5 Å². The second-order valence-electron chi connectivity index (χ2n) is 5.58. The molecule has 0 aliphatic carbocycles. The highest BCUT2D eigenvalue weighted by molar-refractivity contribution is 6.01. The fraction of sp³-hybridized carbons (Fsp3) is 0.500. The minimum absolute atomic E-state index is 0.0355. The summed E-state index contributed by atoms with van der Waals surface area (Å²) >= 11 is 0. The van der Waals surface area contributed by atoms with Crippen LogP contribution < -0.4 is 15.5 Å². The van der Waals surface area contributed by atoms with E-state index in [0.29, 0.717) is 19.5 Å². The first kappa shape index (κ1) is 15.4. The quantitative estimate of drug-likeness (QED) is 0.892. The Morgan fingerprint density at radius 3 is 2.57 bits per heavy atom. The molecule has 0 radical (unpaired) electrons. The zero-order chi connectivity index (χ0) is 15.4. The molecular formula is C16H23N3O2. The van der Waals surface area contributed by atoms with Crippen molar-refractivity contribution in [2.24, 2.45) is 0 Å². The summed E-state index contributed by atoms with van der Waals surface area (Å²) in [6.45, 7) is 7.28. The maximum atomic E-state index is 12.4. The van der Waals surface area contributed by atoms with E-state index in [1.165, 1.54) is 0 Å². The van der Waals surface area contributed by atoms with E-state index in [0.717, 1.165) is 23.2 Å². The molecule has 1 aliphatic heterocycles. The van der Waals surface area contributed by atoms with Crippen LogP contribution in [0.25, 0.3) is 0 Å². The molecule has 0 saturated carbocycles. The molecule has 5 heteroatoms. The van der Waals surface area contributed by atoms with Gasteiger partial charge in [-0.05, 0) is 49.9 Å². The lowest BCUT2D eigenvalue weighted by molar-refractivity contribution is -0.118. The number of anilines is 1. The van der Waals surface area contributed by atoms with Gasteiger partial charge in [0, 0.05) is 18.8 Å². The van der Waals surface area contributed by atoms with Crippen LogP contribution >= 0.6 is 0 Å². The normalized spacial score (nSPS) is 18.0. The van der Waals surface area contributed by atoms with Gasteiger partial charge in [-0.15, -0.1) is 0 Å². The maximum absolute atomic E-state index is 12.4. The second kappa shape index (κ2) is 6.61. The first-order valence-electron chi connectivity index (χ1n) is 7.45. The van der Waals surface area contributed by atoms with Gasteiger partial charge in [-0.25, -0.2) is 4.79 Å². The fourth-order valence-electron chi connectivity index (χ4n) is 2.62. The van der Waals surface area contributed by atoms with Gasteiger partial charge in [0.15, 0.2) is 0 Å². The molecule has 2 rings (SSSR count). The molecule has 1 aromatic carbocycles. The fourth-order valence-corrected chi connectivity index (χ4v) is 2.62. The molecule has 2 N–H and O–H groups in total. The Hall–Kier alpha value is -2.04. The van der Waals surface area contributed by atoms with Crippen molar-refractivity contribution >= 4 is 17.6 Å². The zero-order valence-corrected chi connectivity index (χ0v) is 12.9. The van der Waals surface area contributed by atoms with E-state index >= 15 is 0 Å². The summed E-state index contributed by atoms with van der Waals surface area (Å²) in [6, 6.07) is 5.40. The number of rotatable bonds is 4. The molecule has 21 heavy (non-hydrogen) atoms. The second-order valence-corrected chi connectivity index (χ2v) is 5.58. The third-order valence-electron chi connectivity index (χ3n) is 3.56. The van der Waals surface area contributed by atoms with Gasteiger partial charge in [0.2, 0.25) is 5.91 Å². The van der Waals surface area contributed by atoms with Gasteiger partial charge in [0.05, 0.1) is 0 Å². The van der Waals surface area contributed by atoms with Gasteiger partial charge in [-0.2, -0.15) is 0 Å². The summed E-state index contributed by atoms with van der Waals surface area (Å²) in [5, 5.41) is 5.48. The summed E-state index contributed by atoms with van der Waals surface area (Å²) in [5.41, 5.74) is 3.18. The van der Waals surface area contributed by atoms with Crippen molar-refractivity contribution < 1.29 is 9.59 Å². The standard InChI is InChI=1S/C16H23N3O2/c1-4-6-17-16(21)18-14-5-7-19(15(14)20)13-9-11(2)8-12(3)10-13/h8-10,14H,4-7H2,1-3H3,(H2,17,18,21)/t14-/m1/s1. The first-order chi connectivity index (χ1) is 10.0. The van der Waals surface area contributed by atoms with Crippen LogP contribution in [-0.4, -0.2) is 31.1 Å². The predicted molar refractivity (Wildman–Crippen MR) is 83.5 cm³/mol. The van der Waals surface area contributed by atoms with Crippen molar-refractivity contribution in [1.82, 2.24) is 10.6 Å². The summed E-state index contributed by atoms with van der Waals surface area (Å²) < 4.78 is 0. The Morgan fingerprint density at radius 1 is 1.29 bits per heavy atom. The summed E-state index contributed by atoms with van der Waals surface area (Å²) in [6.07, 6.45) is 1.52. The molecule has 0 spiro atoms. The van der Waals surface area contributed by atoms with Crippen LogP contribution in [0.5, 0.6) is 0 Å². The van der Waals surface area contributed by atoms with Crippen LogP contribution in [0.2, 0.25) is 0 Å². The average Bonchev–Trinajstić information content (AvgIpc) is 2.77. The van der Waals surface area contributed by atoms with E-state index in [9.17, 15) is 9.59 Å². The van der Waals surface area contributed by atoms with Crippen molar-refractivity contribution in [1.29, 1.82) is 0 Å². The van der Waals surface area contributed by atoms with Gasteiger partial charge in [-0.3, -0.25) is 4.79 Å². The van der Waals surface area contributed by atoms with Gasteiger partial charge in [0.25, 0.3) is 0 Å². The van der Waals surface area contributed by atoms with Crippen molar-refractivity contribution in [3.63, 3.8) is 0 Å². The summed E-state index contributed by atoms with van der Waals surface area (Å²) in [5.74, 6) is -0.0355. The zero-order valence-electron chi connectivity index (χ0n) is 12.9. The topological polar surface area (TPSA) is 61.4 Å². The lowest BCUT2D eigenvalue weighted by Gasteiger charge is -2.18. The highest BCUT2D eigenvalue weighted by Crippen LogP contribution is 2.24. The number of carbonyl (C=O) groups excluding carboxylic acids is 2. The largest absolute Gasteiger partial charge is 0.338 e. The lowest BCUT2D eigenvalue weighted by atomic mass is 10.1. The molecule has 1 aromatic rings. The number of nitrogens with one attached hydrogen (secondary N) is 2. The van der Waals surface area contributed by atoms with Crippen LogP contribution in [0.15, 0.2) is 18.2 Å². The average molecular weight is 289 g/mol. The number of urea groups is 1. The molecule has 1 saturated heterocycles. The van der Waals surface area contributed by atoms with E-state index in [4.69, 9.17) is 0 Å². The predicted octanol–water partition coefficient (Wildman–Crippen LogP) is 2.12. The van der Waals surface area contributed by atoms with Crippen molar-refractivity contribution in [3.8, 4) is 0 Å². The number of hydrogen-bond acceptors (Lipinski definition) is 2. The molecule has 0 aromatic heterocycles. The third kappa shape index (κ3) is 3.74. The molecule has 5 nitrogen and oxygen atoms in total. The number of aryl methyl sites for hydroxylation is 2. The molecule has 0 bridgehead atoms. The molecular weight excluding hydrogens is 266 g/mol. The van der Waals surface area contributed by atoms with E-state index in [-0.39, 0.29) is 11.9 Å². The Labute approximate surface area is 125 Å². The van der Waals surface area contributed by atoms with Crippen LogP contribution in [-0.2, 0) is 4.79 Å². The Kier molecular flexibility index (Phi) is 4.83. The summed E-state index contributed by atoms with van der Waals surface area (Å²) in [7, 11) is 0.